The molecular weight excluding hydrogens is 380 g/mol. The minimum atomic E-state index is -0.265. The third kappa shape index (κ3) is 5.15. The van der Waals surface area contributed by atoms with Crippen LogP contribution in [-0.4, -0.2) is 22.5 Å². The molecule has 3 aromatic rings. The lowest BCUT2D eigenvalue weighted by Gasteiger charge is -2.13. The van der Waals surface area contributed by atoms with E-state index >= 15 is 0 Å². The fourth-order valence-corrected chi connectivity index (χ4v) is 2.97. The Morgan fingerprint density at radius 1 is 1.11 bits per heavy atom. The average Bonchev–Trinajstić information content (AvgIpc) is 2.67. The Balaban J connectivity index is 1.53. The Morgan fingerprint density at radius 3 is 2.63 bits per heavy atom. The Morgan fingerprint density at radius 2 is 1.85 bits per heavy atom. The molecular formula is C20H19ClN4OS. The third-order valence-electron chi connectivity index (χ3n) is 3.99. The molecule has 0 saturated heterocycles. The van der Waals surface area contributed by atoms with Crippen LogP contribution in [0.2, 0.25) is 5.02 Å². The zero-order valence-corrected chi connectivity index (χ0v) is 16.3. The largest absolute Gasteiger partial charge is 0.361 e. The van der Waals surface area contributed by atoms with Gasteiger partial charge in [0, 0.05) is 22.6 Å². The summed E-state index contributed by atoms with van der Waals surface area (Å²) in [6, 6.07) is 17.0. The quantitative estimate of drug-likeness (QED) is 0.463. The molecule has 138 valence electrons. The number of hydrazine groups is 1. The van der Waals surface area contributed by atoms with Gasteiger partial charge in [-0.1, -0.05) is 41.9 Å². The summed E-state index contributed by atoms with van der Waals surface area (Å²) >= 11 is 11.1. The number of carbonyl (C=O) groups excluding carboxylic acids is 1. The van der Waals surface area contributed by atoms with E-state index in [1.807, 2.05) is 55.5 Å². The fourth-order valence-electron chi connectivity index (χ4n) is 2.69. The van der Waals surface area contributed by atoms with Gasteiger partial charge < -0.3 is 5.32 Å². The van der Waals surface area contributed by atoms with Gasteiger partial charge in [0.15, 0.2) is 5.11 Å². The number of hydrogen-bond acceptors (Lipinski definition) is 3. The molecule has 3 rings (SSSR count). The summed E-state index contributed by atoms with van der Waals surface area (Å²) < 4.78 is 0. The molecule has 1 aromatic heterocycles. The number of aryl methyl sites for hydroxylation is 1. The van der Waals surface area contributed by atoms with Crippen molar-refractivity contribution < 1.29 is 4.79 Å². The molecule has 0 saturated carbocycles. The van der Waals surface area contributed by atoms with E-state index in [0.717, 1.165) is 28.6 Å². The number of hydrogen-bond donors (Lipinski definition) is 3. The molecule has 0 aliphatic carbocycles. The van der Waals surface area contributed by atoms with E-state index in [9.17, 15) is 4.79 Å². The molecule has 1 amide bonds. The molecule has 0 fully saturated rings. The van der Waals surface area contributed by atoms with Crippen LogP contribution in [0.5, 0.6) is 0 Å². The minimum Gasteiger partial charge on any atom is -0.361 e. The van der Waals surface area contributed by atoms with Gasteiger partial charge in [0.05, 0.1) is 11.1 Å². The summed E-state index contributed by atoms with van der Waals surface area (Å²) in [5, 5.41) is 4.92. The number of amides is 1. The van der Waals surface area contributed by atoms with Crippen LogP contribution in [0.3, 0.4) is 0 Å². The maximum absolute atomic E-state index is 12.5. The summed E-state index contributed by atoms with van der Waals surface area (Å²) in [7, 11) is 0. The topological polar surface area (TPSA) is 66.1 Å². The molecule has 2 aromatic carbocycles. The smallest absolute Gasteiger partial charge is 0.270 e. The SMILES string of the molecule is Cc1cc(C(=O)NNC(=S)NCCc2ccc(Cl)cc2)c2ccccc2n1. The highest BCUT2D eigenvalue weighted by Gasteiger charge is 2.11. The van der Waals surface area contributed by atoms with Gasteiger partial charge in [-0.3, -0.25) is 20.6 Å². The Labute approximate surface area is 168 Å². The van der Waals surface area contributed by atoms with Gasteiger partial charge in [-0.25, -0.2) is 0 Å². The minimum absolute atomic E-state index is 0.265. The molecule has 5 nitrogen and oxygen atoms in total. The first-order valence-corrected chi connectivity index (χ1v) is 9.26. The van der Waals surface area contributed by atoms with Gasteiger partial charge in [-0.2, -0.15) is 0 Å². The van der Waals surface area contributed by atoms with E-state index in [1.54, 1.807) is 6.07 Å². The second-order valence-electron chi connectivity index (χ2n) is 6.04. The van der Waals surface area contributed by atoms with Crippen LogP contribution in [-0.2, 0) is 6.42 Å². The summed E-state index contributed by atoms with van der Waals surface area (Å²) in [5.74, 6) is -0.265. The number of para-hydroxylation sites is 1. The van der Waals surface area contributed by atoms with E-state index < -0.39 is 0 Å². The van der Waals surface area contributed by atoms with E-state index in [0.29, 0.717) is 22.2 Å². The molecule has 0 aliphatic heterocycles. The van der Waals surface area contributed by atoms with Gasteiger partial charge in [0.25, 0.3) is 5.91 Å². The fraction of sp³-hybridized carbons (Fsp3) is 0.150. The molecule has 0 unspecified atom stereocenters. The molecule has 0 aliphatic rings. The van der Waals surface area contributed by atoms with Crippen molar-refractivity contribution in [3.63, 3.8) is 0 Å². The first kappa shape index (κ1) is 19.1. The summed E-state index contributed by atoms with van der Waals surface area (Å²) in [6.45, 7) is 2.50. The summed E-state index contributed by atoms with van der Waals surface area (Å²) in [4.78, 5) is 17.0. The van der Waals surface area contributed by atoms with Crippen LogP contribution in [0.4, 0.5) is 0 Å². The number of pyridine rings is 1. The number of fused-ring (bicyclic) bond motifs is 1. The number of rotatable bonds is 4. The van der Waals surface area contributed by atoms with Crippen LogP contribution in [0.25, 0.3) is 10.9 Å². The van der Waals surface area contributed by atoms with Crippen molar-refractivity contribution >= 4 is 45.7 Å². The number of nitrogens with zero attached hydrogens (tertiary/aromatic N) is 1. The number of halogens is 1. The van der Waals surface area contributed by atoms with Gasteiger partial charge in [-0.15, -0.1) is 0 Å². The number of benzene rings is 2. The highest BCUT2D eigenvalue weighted by Crippen LogP contribution is 2.17. The molecule has 0 spiro atoms. The number of thiocarbonyl (C=S) groups is 1. The maximum Gasteiger partial charge on any atom is 0.270 e. The van der Waals surface area contributed by atoms with Crippen molar-refractivity contribution in [1.82, 2.24) is 21.2 Å². The molecule has 3 N–H and O–H groups in total. The van der Waals surface area contributed by atoms with E-state index in [4.69, 9.17) is 23.8 Å². The van der Waals surface area contributed by atoms with Crippen molar-refractivity contribution in [3.8, 4) is 0 Å². The monoisotopic (exact) mass is 398 g/mol. The van der Waals surface area contributed by atoms with E-state index in [2.05, 4.69) is 21.2 Å². The second-order valence-corrected chi connectivity index (χ2v) is 6.88. The zero-order chi connectivity index (χ0) is 19.2. The number of carbonyl (C=O) groups is 1. The van der Waals surface area contributed by atoms with Gasteiger partial charge >= 0.3 is 0 Å². The highest BCUT2D eigenvalue weighted by molar-refractivity contribution is 7.80. The lowest BCUT2D eigenvalue weighted by atomic mass is 10.1. The Bertz CT molecular complexity index is 975. The average molecular weight is 399 g/mol. The van der Waals surface area contributed by atoms with Crippen molar-refractivity contribution in [2.24, 2.45) is 0 Å². The van der Waals surface area contributed by atoms with Crippen LogP contribution < -0.4 is 16.2 Å². The Kier molecular flexibility index (Phi) is 6.21. The number of aromatic nitrogens is 1. The first-order valence-electron chi connectivity index (χ1n) is 8.48. The number of nitrogens with one attached hydrogen (secondary N) is 3. The van der Waals surface area contributed by atoms with Crippen molar-refractivity contribution in [3.05, 3.63) is 76.4 Å². The standard InChI is InChI=1S/C20H19ClN4OS/c1-13-12-17(16-4-2-3-5-18(16)23-13)19(26)24-25-20(27)22-11-10-14-6-8-15(21)9-7-14/h2-9,12H,10-11H2,1H3,(H,24,26)(H2,22,25,27). The molecule has 0 bridgehead atoms. The first-order chi connectivity index (χ1) is 13.0. The third-order valence-corrected chi connectivity index (χ3v) is 4.49. The van der Waals surface area contributed by atoms with E-state index in [1.165, 1.54) is 0 Å². The Hall–Kier alpha value is -2.70. The summed E-state index contributed by atoms with van der Waals surface area (Å²) in [5.41, 5.74) is 8.64. The normalized spacial score (nSPS) is 10.4. The second kappa shape index (κ2) is 8.79. The maximum atomic E-state index is 12.5. The van der Waals surface area contributed by atoms with Crippen molar-refractivity contribution in [1.29, 1.82) is 0 Å². The van der Waals surface area contributed by atoms with Crippen LogP contribution in [0.15, 0.2) is 54.6 Å². The van der Waals surface area contributed by atoms with Gasteiger partial charge in [-0.05, 0) is 55.4 Å². The highest BCUT2D eigenvalue weighted by atomic mass is 35.5. The lowest BCUT2D eigenvalue weighted by molar-refractivity contribution is 0.0945. The predicted octanol–water partition coefficient (Wildman–Crippen LogP) is 3.55. The molecule has 1 heterocycles. The van der Waals surface area contributed by atoms with E-state index in [-0.39, 0.29) is 5.91 Å². The summed E-state index contributed by atoms with van der Waals surface area (Å²) in [6.07, 6.45) is 0.793. The molecule has 0 radical (unpaired) electrons. The molecule has 7 heteroatoms. The van der Waals surface area contributed by atoms with Gasteiger partial charge in [0.1, 0.15) is 0 Å². The van der Waals surface area contributed by atoms with Gasteiger partial charge in [0.2, 0.25) is 0 Å². The molecule has 27 heavy (non-hydrogen) atoms. The molecule has 0 atom stereocenters. The van der Waals surface area contributed by atoms with Crippen LogP contribution in [0.1, 0.15) is 21.6 Å². The van der Waals surface area contributed by atoms with Crippen LogP contribution in [0, 0.1) is 6.92 Å². The zero-order valence-electron chi connectivity index (χ0n) is 14.8. The van der Waals surface area contributed by atoms with Crippen LogP contribution >= 0.6 is 23.8 Å². The lowest BCUT2D eigenvalue weighted by Crippen LogP contribution is -2.47. The predicted molar refractivity (Wildman–Crippen MR) is 113 cm³/mol. The van der Waals surface area contributed by atoms with Crippen molar-refractivity contribution in [2.75, 3.05) is 6.54 Å². The van der Waals surface area contributed by atoms with Crippen molar-refractivity contribution in [2.45, 2.75) is 13.3 Å².